The molecule has 1 saturated carbocycles. The van der Waals surface area contributed by atoms with E-state index in [2.05, 4.69) is 33.3 Å². The molecule has 1 aromatic heterocycles. The molecule has 0 amide bonds. The van der Waals surface area contributed by atoms with Gasteiger partial charge >= 0.3 is 0 Å². The van der Waals surface area contributed by atoms with Crippen LogP contribution < -0.4 is 0 Å². The predicted octanol–water partition coefficient (Wildman–Crippen LogP) is 2.55. The van der Waals surface area contributed by atoms with Crippen LogP contribution in [-0.4, -0.2) is 28.2 Å². The van der Waals surface area contributed by atoms with Crippen LogP contribution in [0.1, 0.15) is 25.0 Å². The normalized spacial score (nSPS) is 22.6. The van der Waals surface area contributed by atoms with Crippen molar-refractivity contribution in [1.82, 2.24) is 15.1 Å². The molecule has 1 aliphatic carbocycles. The van der Waals surface area contributed by atoms with E-state index in [0.717, 1.165) is 17.5 Å². The van der Waals surface area contributed by atoms with Crippen molar-refractivity contribution in [3.8, 4) is 0 Å². The van der Waals surface area contributed by atoms with Crippen molar-refractivity contribution in [3.63, 3.8) is 0 Å². The molecule has 2 aromatic rings. The van der Waals surface area contributed by atoms with Gasteiger partial charge in [-0.15, -0.1) is 0 Å². The first-order valence-corrected chi connectivity index (χ1v) is 6.49. The molecule has 2 fully saturated rings. The van der Waals surface area contributed by atoms with Crippen molar-refractivity contribution in [2.45, 2.75) is 25.8 Å². The Labute approximate surface area is 101 Å². The molecule has 1 saturated heterocycles. The van der Waals surface area contributed by atoms with Gasteiger partial charge in [0.05, 0.1) is 11.2 Å². The van der Waals surface area contributed by atoms with E-state index in [0.29, 0.717) is 0 Å². The molecule has 1 aromatic carbocycles. The quantitative estimate of drug-likeness (QED) is 0.855. The molecule has 0 bridgehead atoms. The van der Waals surface area contributed by atoms with Gasteiger partial charge in [0.25, 0.3) is 0 Å². The van der Waals surface area contributed by atoms with E-state index in [-0.39, 0.29) is 0 Å². The third-order valence-corrected chi connectivity index (χ3v) is 4.45. The van der Waals surface area contributed by atoms with Gasteiger partial charge in [-0.1, -0.05) is 24.6 Å². The number of likely N-dealkylation sites (tertiary alicyclic amines) is 1. The Morgan fingerprint density at radius 2 is 2.06 bits per heavy atom. The van der Waals surface area contributed by atoms with Crippen LogP contribution in [0.3, 0.4) is 0 Å². The zero-order valence-electron chi connectivity index (χ0n) is 9.95. The van der Waals surface area contributed by atoms with Gasteiger partial charge in [0.15, 0.2) is 0 Å². The Morgan fingerprint density at radius 1 is 1.24 bits per heavy atom. The highest BCUT2D eigenvalue weighted by Crippen LogP contribution is 2.48. The minimum Gasteiger partial charge on any atom is -0.296 e. The van der Waals surface area contributed by atoms with Crippen molar-refractivity contribution in [3.05, 3.63) is 30.0 Å². The average molecular weight is 227 g/mol. The van der Waals surface area contributed by atoms with Crippen LogP contribution in [0.15, 0.2) is 24.3 Å². The summed E-state index contributed by atoms with van der Waals surface area (Å²) in [6.45, 7) is 3.61. The van der Waals surface area contributed by atoms with Crippen LogP contribution in [0.5, 0.6) is 0 Å². The van der Waals surface area contributed by atoms with Gasteiger partial charge < -0.3 is 0 Å². The standard InChI is InChI=1S/C14H17N3/c1-2-5-12-11(4-1)13(16-15-12)8-17-9-14(10-17)6-3-7-14/h1-2,4-5H,3,6-10H2,(H,15,16). The zero-order valence-corrected chi connectivity index (χ0v) is 9.95. The third kappa shape index (κ3) is 1.42. The van der Waals surface area contributed by atoms with Crippen molar-refractivity contribution < 1.29 is 0 Å². The molecule has 3 nitrogen and oxygen atoms in total. The number of H-pyrrole nitrogens is 1. The number of fused-ring (bicyclic) bond motifs is 1. The number of para-hydroxylation sites is 1. The third-order valence-electron chi connectivity index (χ3n) is 4.45. The first-order valence-electron chi connectivity index (χ1n) is 6.49. The SMILES string of the molecule is c1ccc2c(CN3CC4(CCC4)C3)[nH]nc2c1. The molecule has 0 unspecified atom stereocenters. The van der Waals surface area contributed by atoms with E-state index < -0.39 is 0 Å². The van der Waals surface area contributed by atoms with Gasteiger partial charge in [-0.25, -0.2) is 0 Å². The lowest BCUT2D eigenvalue weighted by atomic mass is 9.63. The van der Waals surface area contributed by atoms with E-state index in [1.165, 1.54) is 43.4 Å². The smallest absolute Gasteiger partial charge is 0.0924 e. The lowest BCUT2D eigenvalue weighted by Crippen LogP contribution is -2.58. The van der Waals surface area contributed by atoms with Crippen LogP contribution in [0.25, 0.3) is 10.9 Å². The Hall–Kier alpha value is -1.35. The van der Waals surface area contributed by atoms with Crippen molar-refractivity contribution in [1.29, 1.82) is 0 Å². The molecule has 3 heteroatoms. The summed E-state index contributed by atoms with van der Waals surface area (Å²) < 4.78 is 0. The fourth-order valence-electron chi connectivity index (χ4n) is 3.37. The second-order valence-electron chi connectivity index (χ2n) is 5.72. The number of nitrogens with zero attached hydrogens (tertiary/aromatic N) is 2. The van der Waals surface area contributed by atoms with Gasteiger partial charge in [0.1, 0.15) is 0 Å². The Morgan fingerprint density at radius 3 is 2.82 bits per heavy atom. The predicted molar refractivity (Wildman–Crippen MR) is 67.7 cm³/mol. The molecule has 1 spiro atoms. The van der Waals surface area contributed by atoms with Crippen molar-refractivity contribution >= 4 is 10.9 Å². The number of benzene rings is 1. The molecule has 1 aliphatic heterocycles. The van der Waals surface area contributed by atoms with Crippen LogP contribution in [0.4, 0.5) is 0 Å². The van der Waals surface area contributed by atoms with Gasteiger partial charge in [-0.05, 0) is 24.3 Å². The Bertz CT molecular complexity index is 545. The summed E-state index contributed by atoms with van der Waals surface area (Å²) in [6, 6.07) is 8.36. The van der Waals surface area contributed by atoms with E-state index in [9.17, 15) is 0 Å². The minimum absolute atomic E-state index is 0.718. The molecular weight excluding hydrogens is 210 g/mol. The van der Waals surface area contributed by atoms with Crippen LogP contribution in [-0.2, 0) is 6.54 Å². The molecular formula is C14H17N3. The number of hydrogen-bond donors (Lipinski definition) is 1. The largest absolute Gasteiger partial charge is 0.296 e. The van der Waals surface area contributed by atoms with Gasteiger partial charge in [0.2, 0.25) is 0 Å². The lowest BCUT2D eigenvalue weighted by molar-refractivity contribution is -0.0648. The van der Waals surface area contributed by atoms with E-state index in [1.54, 1.807) is 0 Å². The van der Waals surface area contributed by atoms with Gasteiger partial charge in [-0.3, -0.25) is 10.00 Å². The fourth-order valence-corrected chi connectivity index (χ4v) is 3.37. The summed E-state index contributed by atoms with van der Waals surface area (Å²) in [4.78, 5) is 2.54. The molecule has 0 radical (unpaired) electrons. The number of nitrogens with one attached hydrogen (secondary N) is 1. The summed E-state index contributed by atoms with van der Waals surface area (Å²) in [5.41, 5.74) is 3.08. The van der Waals surface area contributed by atoms with Crippen LogP contribution >= 0.6 is 0 Å². The summed E-state index contributed by atoms with van der Waals surface area (Å²) in [5.74, 6) is 0. The lowest BCUT2D eigenvalue weighted by Gasteiger charge is -2.56. The number of rotatable bonds is 2. The monoisotopic (exact) mass is 227 g/mol. The average Bonchev–Trinajstić information content (AvgIpc) is 2.64. The molecule has 2 aliphatic rings. The maximum absolute atomic E-state index is 4.35. The first-order chi connectivity index (χ1) is 8.35. The highest BCUT2D eigenvalue weighted by atomic mass is 15.2. The minimum atomic E-state index is 0.718. The highest BCUT2D eigenvalue weighted by molar-refractivity contribution is 5.81. The molecule has 88 valence electrons. The van der Waals surface area contributed by atoms with Crippen LogP contribution in [0, 0.1) is 5.41 Å². The summed E-state index contributed by atoms with van der Waals surface area (Å²) >= 11 is 0. The van der Waals surface area contributed by atoms with Crippen LogP contribution in [0.2, 0.25) is 0 Å². The van der Waals surface area contributed by atoms with Gasteiger partial charge in [0, 0.05) is 25.0 Å². The summed E-state index contributed by atoms with van der Waals surface area (Å²) in [5, 5.41) is 8.81. The highest BCUT2D eigenvalue weighted by Gasteiger charge is 2.46. The maximum Gasteiger partial charge on any atom is 0.0924 e. The van der Waals surface area contributed by atoms with E-state index in [4.69, 9.17) is 0 Å². The molecule has 0 atom stereocenters. The Balaban J connectivity index is 1.52. The zero-order chi connectivity index (χ0) is 11.3. The topological polar surface area (TPSA) is 31.9 Å². The van der Waals surface area contributed by atoms with E-state index >= 15 is 0 Å². The Kier molecular flexibility index (Phi) is 1.89. The molecule has 1 N–H and O–H groups in total. The first kappa shape index (κ1) is 9.66. The van der Waals surface area contributed by atoms with Crippen molar-refractivity contribution in [2.24, 2.45) is 5.41 Å². The summed E-state index contributed by atoms with van der Waals surface area (Å²) in [7, 11) is 0. The number of aromatic nitrogens is 2. The van der Waals surface area contributed by atoms with Crippen molar-refractivity contribution in [2.75, 3.05) is 13.1 Å². The maximum atomic E-state index is 4.35. The number of hydrogen-bond acceptors (Lipinski definition) is 2. The number of aromatic amines is 1. The molecule has 2 heterocycles. The molecule has 17 heavy (non-hydrogen) atoms. The fraction of sp³-hybridized carbons (Fsp3) is 0.500. The molecule has 4 rings (SSSR count). The second-order valence-corrected chi connectivity index (χ2v) is 5.72. The van der Waals surface area contributed by atoms with Gasteiger partial charge in [-0.2, -0.15) is 5.10 Å². The summed E-state index contributed by atoms with van der Waals surface area (Å²) in [6.07, 6.45) is 4.35. The second kappa shape index (κ2) is 3.33. The van der Waals surface area contributed by atoms with E-state index in [1.807, 2.05) is 6.07 Å².